The van der Waals surface area contributed by atoms with Gasteiger partial charge in [-0.05, 0) is 82.3 Å². The summed E-state index contributed by atoms with van der Waals surface area (Å²) in [5.41, 5.74) is 18.9. The van der Waals surface area contributed by atoms with Gasteiger partial charge in [-0.25, -0.2) is 9.97 Å². The van der Waals surface area contributed by atoms with E-state index in [0.717, 1.165) is 90.8 Å². The largest absolute Gasteiger partial charge is 0.452 e. The molecule has 0 N–H and O–H groups in total. The Balaban J connectivity index is 1.08. The third-order valence-corrected chi connectivity index (χ3v) is 11.7. The molecule has 3 aliphatic rings. The van der Waals surface area contributed by atoms with Gasteiger partial charge in [0.15, 0.2) is 11.5 Å². The molecule has 5 heteroatoms. The van der Waals surface area contributed by atoms with E-state index >= 15 is 0 Å². The highest BCUT2D eigenvalue weighted by atomic mass is 16.5. The van der Waals surface area contributed by atoms with E-state index in [9.17, 15) is 0 Å². The highest BCUT2D eigenvalue weighted by Crippen LogP contribution is 2.47. The molecule has 0 saturated heterocycles. The molecule has 5 nitrogen and oxygen atoms in total. The Morgan fingerprint density at radius 3 is 2.24 bits per heavy atom. The first-order valence-corrected chi connectivity index (χ1v) is 20.0. The van der Waals surface area contributed by atoms with Crippen molar-refractivity contribution in [3.05, 3.63) is 211 Å². The van der Waals surface area contributed by atoms with Crippen LogP contribution in [0, 0.1) is 0 Å². The SMILES string of the molecule is C1=C=CC2=C(C=1)Oc1cc(-c3cccc4c3c3c5ccccc5ccc3n4-c3nc(-c4ccc(-c5ccccc5)cc4)c4ccccc4n3)ccc1N2C1=CC=CCC1. The monoisotopic (exact) mass is 754 g/mol. The Labute approximate surface area is 340 Å². The van der Waals surface area contributed by atoms with Crippen LogP contribution in [-0.2, 0) is 0 Å². The van der Waals surface area contributed by atoms with E-state index in [0.29, 0.717) is 5.95 Å². The van der Waals surface area contributed by atoms with Gasteiger partial charge in [-0.1, -0.05) is 145 Å². The Hall–Kier alpha value is -7.94. The van der Waals surface area contributed by atoms with Crippen LogP contribution in [0.4, 0.5) is 5.69 Å². The van der Waals surface area contributed by atoms with Crippen LogP contribution in [0.5, 0.6) is 5.75 Å². The maximum atomic E-state index is 6.67. The number of allylic oxidation sites excluding steroid dienone is 6. The van der Waals surface area contributed by atoms with Crippen LogP contribution in [-0.4, -0.2) is 14.5 Å². The van der Waals surface area contributed by atoms with Gasteiger partial charge in [-0.15, -0.1) is 0 Å². The van der Waals surface area contributed by atoms with E-state index in [1.807, 2.05) is 24.3 Å². The molecule has 0 saturated carbocycles. The van der Waals surface area contributed by atoms with Gasteiger partial charge in [0.25, 0.3) is 0 Å². The molecule has 59 heavy (non-hydrogen) atoms. The van der Waals surface area contributed by atoms with Gasteiger partial charge in [0, 0.05) is 39.6 Å². The first-order valence-electron chi connectivity index (χ1n) is 20.0. The summed E-state index contributed by atoms with van der Waals surface area (Å²) in [6.07, 6.45) is 12.3. The molecule has 0 amide bonds. The number of ether oxygens (including phenoxy) is 1. The van der Waals surface area contributed by atoms with Crippen LogP contribution in [0.25, 0.3) is 82.9 Å². The number of hydrogen-bond donors (Lipinski definition) is 0. The Kier molecular flexibility index (Phi) is 7.51. The molecule has 0 bridgehead atoms. The fourth-order valence-corrected chi connectivity index (χ4v) is 9.02. The van der Waals surface area contributed by atoms with Crippen molar-refractivity contribution in [2.45, 2.75) is 12.8 Å². The van der Waals surface area contributed by atoms with Crippen molar-refractivity contribution < 1.29 is 4.74 Å². The molecule has 0 radical (unpaired) electrons. The highest BCUT2D eigenvalue weighted by molar-refractivity contribution is 6.25. The van der Waals surface area contributed by atoms with Crippen LogP contribution < -0.4 is 9.64 Å². The summed E-state index contributed by atoms with van der Waals surface area (Å²) in [7, 11) is 0. The maximum absolute atomic E-state index is 6.67. The Morgan fingerprint density at radius 1 is 0.593 bits per heavy atom. The molecule has 0 unspecified atom stereocenters. The van der Waals surface area contributed by atoms with E-state index in [-0.39, 0.29) is 0 Å². The molecular formula is C54H34N4O. The summed E-state index contributed by atoms with van der Waals surface area (Å²) in [6.45, 7) is 0. The summed E-state index contributed by atoms with van der Waals surface area (Å²) in [5, 5.41) is 5.67. The van der Waals surface area contributed by atoms with Crippen molar-refractivity contribution in [1.82, 2.24) is 14.5 Å². The molecule has 0 spiro atoms. The summed E-state index contributed by atoms with van der Waals surface area (Å²) in [6, 6.07) is 53.8. The zero-order valence-corrected chi connectivity index (χ0v) is 31.9. The average molecular weight is 755 g/mol. The van der Waals surface area contributed by atoms with Crippen molar-refractivity contribution in [2.75, 3.05) is 4.90 Å². The summed E-state index contributed by atoms with van der Waals surface area (Å²) < 4.78 is 8.92. The Bertz CT molecular complexity index is 3430. The predicted octanol–water partition coefficient (Wildman–Crippen LogP) is 13.4. The number of benzene rings is 7. The molecule has 1 aliphatic heterocycles. The summed E-state index contributed by atoms with van der Waals surface area (Å²) in [4.78, 5) is 13.1. The maximum Gasteiger partial charge on any atom is 0.235 e. The number of anilines is 1. The Morgan fingerprint density at radius 2 is 1.36 bits per heavy atom. The lowest BCUT2D eigenvalue weighted by Gasteiger charge is -2.35. The van der Waals surface area contributed by atoms with Crippen LogP contribution >= 0.6 is 0 Å². The van der Waals surface area contributed by atoms with Crippen LogP contribution in [0.15, 0.2) is 211 Å². The lowest BCUT2D eigenvalue weighted by Crippen LogP contribution is -2.27. The molecule has 12 rings (SSSR count). The lowest BCUT2D eigenvalue weighted by atomic mass is 9.96. The quantitative estimate of drug-likeness (QED) is 0.164. The van der Waals surface area contributed by atoms with Crippen molar-refractivity contribution >= 4 is 49.2 Å². The van der Waals surface area contributed by atoms with E-state index < -0.39 is 0 Å². The third kappa shape index (κ3) is 5.35. The molecule has 2 aliphatic carbocycles. The minimum absolute atomic E-state index is 0.627. The van der Waals surface area contributed by atoms with Gasteiger partial charge in [-0.3, -0.25) is 4.57 Å². The van der Waals surface area contributed by atoms with Crippen molar-refractivity contribution in [3.63, 3.8) is 0 Å². The van der Waals surface area contributed by atoms with Gasteiger partial charge >= 0.3 is 0 Å². The van der Waals surface area contributed by atoms with E-state index in [2.05, 4.69) is 179 Å². The molecule has 7 aromatic carbocycles. The summed E-state index contributed by atoms with van der Waals surface area (Å²) >= 11 is 0. The van der Waals surface area contributed by atoms with Gasteiger partial charge in [0.1, 0.15) is 0 Å². The highest BCUT2D eigenvalue weighted by Gasteiger charge is 2.29. The van der Waals surface area contributed by atoms with Crippen molar-refractivity contribution in [2.24, 2.45) is 0 Å². The zero-order chi connectivity index (χ0) is 38.9. The van der Waals surface area contributed by atoms with Crippen LogP contribution in [0.1, 0.15) is 12.8 Å². The smallest absolute Gasteiger partial charge is 0.235 e. The molecule has 0 atom stereocenters. The van der Waals surface area contributed by atoms with Gasteiger partial charge in [0.2, 0.25) is 5.95 Å². The molecule has 3 heterocycles. The second-order valence-electron chi connectivity index (χ2n) is 15.1. The van der Waals surface area contributed by atoms with Crippen molar-refractivity contribution in [3.8, 4) is 45.2 Å². The number of fused-ring (bicyclic) bond motifs is 7. The number of aromatic nitrogens is 3. The number of para-hydroxylation sites is 1. The summed E-state index contributed by atoms with van der Waals surface area (Å²) in [5.74, 6) is 2.20. The topological polar surface area (TPSA) is 43.2 Å². The van der Waals surface area contributed by atoms with Gasteiger partial charge < -0.3 is 9.64 Å². The minimum Gasteiger partial charge on any atom is -0.452 e. The molecule has 0 fully saturated rings. The van der Waals surface area contributed by atoms with Crippen LogP contribution in [0.2, 0.25) is 0 Å². The molecule has 9 aromatic rings. The van der Waals surface area contributed by atoms with E-state index in [4.69, 9.17) is 14.7 Å². The second kappa shape index (κ2) is 13.3. The fourth-order valence-electron chi connectivity index (χ4n) is 9.02. The minimum atomic E-state index is 0.627. The van der Waals surface area contributed by atoms with Gasteiger partial charge in [0.05, 0.1) is 33.6 Å². The number of nitrogens with zero attached hydrogens (tertiary/aromatic N) is 4. The molecular weight excluding hydrogens is 721 g/mol. The average Bonchev–Trinajstić information content (AvgIpc) is 3.66. The molecule has 276 valence electrons. The van der Waals surface area contributed by atoms with Crippen LogP contribution in [0.3, 0.4) is 0 Å². The van der Waals surface area contributed by atoms with E-state index in [1.54, 1.807) is 0 Å². The molecule has 2 aromatic heterocycles. The van der Waals surface area contributed by atoms with Gasteiger partial charge in [-0.2, -0.15) is 0 Å². The first-order chi connectivity index (χ1) is 29.3. The van der Waals surface area contributed by atoms with E-state index in [1.165, 1.54) is 27.6 Å². The lowest BCUT2D eigenvalue weighted by molar-refractivity contribution is 0.429. The first kappa shape index (κ1) is 33.2. The standard InChI is InChI=1S/C54H34N4O/c1-3-14-35(15-4-1)36-26-28-38(29-27-36)53-43-20-9-10-22-44(43)55-54(56-53)58-47-24-13-21-42(52(47)51-41-19-8-7-16-37(41)30-33-48(51)58)39-31-32-46-50(34-39)59-49-25-12-11-23-45(49)57(46)40-17-5-2-6-18-40/h1-5,7-10,13-17,19-34H,6,18H2. The normalized spacial score (nSPS) is 14.3. The fraction of sp³-hybridized carbons (Fsp3) is 0.0370. The second-order valence-corrected chi connectivity index (χ2v) is 15.1. The third-order valence-electron chi connectivity index (χ3n) is 11.7. The predicted molar refractivity (Wildman–Crippen MR) is 240 cm³/mol. The number of rotatable bonds is 5. The number of hydrogen-bond acceptors (Lipinski definition) is 4. The van der Waals surface area contributed by atoms with Crippen molar-refractivity contribution in [1.29, 1.82) is 0 Å². The zero-order valence-electron chi connectivity index (χ0n) is 31.9.